The van der Waals surface area contributed by atoms with Gasteiger partial charge in [0.2, 0.25) is 0 Å². The highest BCUT2D eigenvalue weighted by atomic mass is 16.5. The number of nitrogens with zero attached hydrogens (tertiary/aromatic N) is 1. The lowest BCUT2D eigenvalue weighted by atomic mass is 9.89. The van der Waals surface area contributed by atoms with Crippen molar-refractivity contribution < 1.29 is 4.74 Å². The zero-order valence-electron chi connectivity index (χ0n) is 12.9. The van der Waals surface area contributed by atoms with Gasteiger partial charge in [0.15, 0.2) is 0 Å². The third kappa shape index (κ3) is 5.41. The quantitative estimate of drug-likeness (QED) is 0.823. The monoisotopic (exact) mass is 276 g/mol. The van der Waals surface area contributed by atoms with Crippen LogP contribution in [-0.2, 0) is 0 Å². The van der Waals surface area contributed by atoms with Crippen LogP contribution >= 0.6 is 0 Å². The molecule has 1 aliphatic rings. The standard InChI is InChI=1S/C17H28N2O/c1-19(2)11-12-20-17-10-6-9-16(13-17)18-14-15-7-4-3-5-8-15/h6,9-10,13,15,18H,3-5,7-8,11-12,14H2,1-2H3. The second-order valence-electron chi connectivity index (χ2n) is 6.06. The van der Waals surface area contributed by atoms with E-state index in [4.69, 9.17) is 4.74 Å². The molecule has 0 aromatic heterocycles. The lowest BCUT2D eigenvalue weighted by Gasteiger charge is -2.22. The highest BCUT2D eigenvalue weighted by molar-refractivity contribution is 5.48. The Morgan fingerprint density at radius 3 is 2.75 bits per heavy atom. The summed E-state index contributed by atoms with van der Waals surface area (Å²) in [6.45, 7) is 2.78. The third-order valence-electron chi connectivity index (χ3n) is 3.96. The Bertz CT molecular complexity index is 386. The van der Waals surface area contributed by atoms with Gasteiger partial charge >= 0.3 is 0 Å². The van der Waals surface area contributed by atoms with Crippen LogP contribution in [0, 0.1) is 5.92 Å². The second-order valence-corrected chi connectivity index (χ2v) is 6.06. The smallest absolute Gasteiger partial charge is 0.121 e. The molecule has 112 valence electrons. The fourth-order valence-corrected chi connectivity index (χ4v) is 2.70. The van der Waals surface area contributed by atoms with E-state index >= 15 is 0 Å². The molecule has 0 spiro atoms. The van der Waals surface area contributed by atoms with E-state index in [2.05, 4.69) is 42.5 Å². The molecule has 0 heterocycles. The van der Waals surface area contributed by atoms with Crippen molar-refractivity contribution in [3.05, 3.63) is 24.3 Å². The number of benzene rings is 1. The third-order valence-corrected chi connectivity index (χ3v) is 3.96. The summed E-state index contributed by atoms with van der Waals surface area (Å²) in [4.78, 5) is 2.13. The Labute approximate surface area is 123 Å². The van der Waals surface area contributed by atoms with E-state index < -0.39 is 0 Å². The van der Waals surface area contributed by atoms with Crippen LogP contribution in [0.2, 0.25) is 0 Å². The normalized spacial score (nSPS) is 16.4. The predicted octanol–water partition coefficient (Wildman–Crippen LogP) is 3.62. The molecule has 1 fully saturated rings. The number of anilines is 1. The summed E-state index contributed by atoms with van der Waals surface area (Å²) < 4.78 is 5.77. The minimum absolute atomic E-state index is 0.735. The van der Waals surface area contributed by atoms with Crippen LogP contribution in [0.5, 0.6) is 5.75 Å². The molecule has 0 unspecified atom stereocenters. The van der Waals surface area contributed by atoms with Crippen LogP contribution in [0.4, 0.5) is 5.69 Å². The van der Waals surface area contributed by atoms with E-state index in [1.54, 1.807) is 0 Å². The Hall–Kier alpha value is -1.22. The molecule has 1 aromatic rings. The Morgan fingerprint density at radius 2 is 2.00 bits per heavy atom. The SMILES string of the molecule is CN(C)CCOc1cccc(NCC2CCCCC2)c1. The molecule has 0 aliphatic heterocycles. The molecule has 20 heavy (non-hydrogen) atoms. The van der Waals surface area contributed by atoms with Crippen molar-refractivity contribution in [1.29, 1.82) is 0 Å². The molecule has 3 nitrogen and oxygen atoms in total. The molecule has 1 N–H and O–H groups in total. The van der Waals surface area contributed by atoms with Crippen LogP contribution in [0.15, 0.2) is 24.3 Å². The molecule has 1 saturated carbocycles. The van der Waals surface area contributed by atoms with Gasteiger partial charge in [0, 0.05) is 24.8 Å². The average molecular weight is 276 g/mol. The summed E-state index contributed by atoms with van der Waals surface area (Å²) >= 11 is 0. The van der Waals surface area contributed by atoms with Crippen LogP contribution in [-0.4, -0.2) is 38.7 Å². The number of hydrogen-bond acceptors (Lipinski definition) is 3. The first kappa shape index (κ1) is 15.2. The summed E-state index contributed by atoms with van der Waals surface area (Å²) in [6, 6.07) is 8.33. The summed E-state index contributed by atoms with van der Waals surface area (Å²) in [5.74, 6) is 1.81. The van der Waals surface area contributed by atoms with Gasteiger partial charge in [0.25, 0.3) is 0 Å². The minimum Gasteiger partial charge on any atom is -0.492 e. The highest BCUT2D eigenvalue weighted by Gasteiger charge is 2.12. The van der Waals surface area contributed by atoms with Crippen LogP contribution < -0.4 is 10.1 Å². The summed E-state index contributed by atoms with van der Waals surface area (Å²) in [7, 11) is 4.12. The second kappa shape index (κ2) is 8.15. The summed E-state index contributed by atoms with van der Waals surface area (Å²) in [6.07, 6.45) is 6.99. The summed E-state index contributed by atoms with van der Waals surface area (Å²) in [5, 5.41) is 3.56. The van der Waals surface area contributed by atoms with E-state index in [-0.39, 0.29) is 0 Å². The maximum Gasteiger partial charge on any atom is 0.121 e. The van der Waals surface area contributed by atoms with Gasteiger partial charge in [-0.15, -0.1) is 0 Å². The Morgan fingerprint density at radius 1 is 1.20 bits per heavy atom. The molecule has 0 amide bonds. The first-order chi connectivity index (χ1) is 9.74. The van der Waals surface area contributed by atoms with Gasteiger partial charge in [-0.2, -0.15) is 0 Å². The molecule has 2 rings (SSSR count). The molecule has 0 bridgehead atoms. The zero-order valence-corrected chi connectivity index (χ0v) is 12.9. The van der Waals surface area contributed by atoms with E-state index in [9.17, 15) is 0 Å². The molecule has 0 radical (unpaired) electrons. The molecule has 3 heteroatoms. The molecule has 1 aromatic carbocycles. The van der Waals surface area contributed by atoms with Crippen molar-refractivity contribution in [1.82, 2.24) is 4.90 Å². The van der Waals surface area contributed by atoms with Crippen molar-refractivity contribution in [3.8, 4) is 5.75 Å². The van der Waals surface area contributed by atoms with Gasteiger partial charge in [0.1, 0.15) is 12.4 Å². The van der Waals surface area contributed by atoms with E-state index in [0.717, 1.165) is 31.4 Å². The maximum absolute atomic E-state index is 5.77. The lowest BCUT2D eigenvalue weighted by Crippen LogP contribution is -2.19. The molecule has 0 atom stereocenters. The van der Waals surface area contributed by atoms with Crippen molar-refractivity contribution in [2.24, 2.45) is 5.92 Å². The number of rotatable bonds is 7. The topological polar surface area (TPSA) is 24.5 Å². The van der Waals surface area contributed by atoms with Gasteiger partial charge in [-0.25, -0.2) is 0 Å². The number of hydrogen-bond donors (Lipinski definition) is 1. The van der Waals surface area contributed by atoms with Gasteiger partial charge in [-0.1, -0.05) is 25.3 Å². The Balaban J connectivity index is 1.76. The van der Waals surface area contributed by atoms with Crippen molar-refractivity contribution in [2.75, 3.05) is 39.1 Å². The fraction of sp³-hybridized carbons (Fsp3) is 0.647. The largest absolute Gasteiger partial charge is 0.492 e. The van der Waals surface area contributed by atoms with E-state index in [1.807, 2.05) is 6.07 Å². The fourth-order valence-electron chi connectivity index (χ4n) is 2.70. The Kier molecular flexibility index (Phi) is 6.19. The van der Waals surface area contributed by atoms with Gasteiger partial charge in [-0.3, -0.25) is 0 Å². The minimum atomic E-state index is 0.735. The van der Waals surface area contributed by atoms with Gasteiger partial charge < -0.3 is 15.0 Å². The first-order valence-electron chi connectivity index (χ1n) is 7.85. The van der Waals surface area contributed by atoms with Crippen molar-refractivity contribution in [2.45, 2.75) is 32.1 Å². The van der Waals surface area contributed by atoms with E-state index in [0.29, 0.717) is 0 Å². The average Bonchev–Trinajstić information content (AvgIpc) is 2.46. The maximum atomic E-state index is 5.77. The molecule has 0 saturated heterocycles. The molecular formula is C17H28N2O. The van der Waals surface area contributed by atoms with Gasteiger partial charge in [-0.05, 0) is 45.0 Å². The molecule has 1 aliphatic carbocycles. The summed E-state index contributed by atoms with van der Waals surface area (Å²) in [5.41, 5.74) is 1.18. The predicted molar refractivity (Wildman–Crippen MR) is 85.6 cm³/mol. The van der Waals surface area contributed by atoms with Crippen LogP contribution in [0.25, 0.3) is 0 Å². The number of nitrogens with one attached hydrogen (secondary N) is 1. The lowest BCUT2D eigenvalue weighted by molar-refractivity contribution is 0.261. The highest BCUT2D eigenvalue weighted by Crippen LogP contribution is 2.24. The zero-order chi connectivity index (χ0) is 14.2. The van der Waals surface area contributed by atoms with Crippen LogP contribution in [0.1, 0.15) is 32.1 Å². The number of ether oxygens (including phenoxy) is 1. The number of likely N-dealkylation sites (N-methyl/N-ethyl adjacent to an activating group) is 1. The van der Waals surface area contributed by atoms with Crippen molar-refractivity contribution in [3.63, 3.8) is 0 Å². The first-order valence-corrected chi connectivity index (χ1v) is 7.85. The molecular weight excluding hydrogens is 248 g/mol. The van der Waals surface area contributed by atoms with E-state index in [1.165, 1.54) is 37.8 Å². The van der Waals surface area contributed by atoms with Crippen LogP contribution in [0.3, 0.4) is 0 Å². The van der Waals surface area contributed by atoms with Crippen molar-refractivity contribution >= 4 is 5.69 Å². The van der Waals surface area contributed by atoms with Gasteiger partial charge in [0.05, 0.1) is 0 Å².